The fraction of sp³-hybridized carbons (Fsp3) is 0.417. The second kappa shape index (κ2) is 4.55. The molecule has 86 valence electrons. The van der Waals surface area contributed by atoms with E-state index in [1.165, 1.54) is 0 Å². The maximum absolute atomic E-state index is 12.2. The molecule has 1 aliphatic rings. The highest BCUT2D eigenvalue weighted by Crippen LogP contribution is 2.19. The fourth-order valence-corrected chi connectivity index (χ4v) is 2.48. The van der Waals surface area contributed by atoms with Crippen molar-refractivity contribution in [1.82, 2.24) is 4.90 Å². The van der Waals surface area contributed by atoms with E-state index in [0.717, 1.165) is 28.6 Å². The third kappa shape index (κ3) is 2.28. The molecule has 1 atom stereocenters. The fourth-order valence-electron chi connectivity index (χ4n) is 2.01. The van der Waals surface area contributed by atoms with Gasteiger partial charge in [-0.15, -0.1) is 0 Å². The lowest BCUT2D eigenvalue weighted by atomic mass is 10.1. The van der Waals surface area contributed by atoms with Crippen molar-refractivity contribution in [2.75, 3.05) is 13.1 Å². The minimum Gasteiger partial charge on any atom is -0.337 e. The second-order valence-corrected chi connectivity index (χ2v) is 5.17. The number of likely N-dealkylation sites (tertiary alicyclic amines) is 1. The second-order valence-electron chi connectivity index (χ2n) is 4.26. The molecular weight excluding hydrogens is 268 g/mol. The predicted octanol–water partition coefficient (Wildman–Crippen LogP) is 1.93. The summed E-state index contributed by atoms with van der Waals surface area (Å²) in [5, 5.41) is 0. The summed E-state index contributed by atoms with van der Waals surface area (Å²) in [6.45, 7) is 3.40. The number of carbonyl (C=O) groups is 1. The lowest BCUT2D eigenvalue weighted by molar-refractivity contribution is 0.0790. The molecule has 3 nitrogen and oxygen atoms in total. The molecule has 0 bridgehead atoms. The van der Waals surface area contributed by atoms with Gasteiger partial charge in [-0.2, -0.15) is 0 Å². The summed E-state index contributed by atoms with van der Waals surface area (Å²) in [4.78, 5) is 14.0. The molecule has 1 aromatic rings. The highest BCUT2D eigenvalue weighted by Gasteiger charge is 2.25. The molecule has 1 heterocycles. The van der Waals surface area contributed by atoms with E-state index < -0.39 is 0 Å². The Balaban J connectivity index is 2.21. The van der Waals surface area contributed by atoms with Crippen LogP contribution in [-0.2, 0) is 0 Å². The number of rotatable bonds is 1. The van der Waals surface area contributed by atoms with Crippen LogP contribution in [0.25, 0.3) is 0 Å². The molecule has 1 aliphatic heterocycles. The average Bonchev–Trinajstić information content (AvgIpc) is 2.64. The molecule has 1 fully saturated rings. The number of aryl methyl sites for hydroxylation is 1. The summed E-state index contributed by atoms with van der Waals surface area (Å²) in [5.74, 6) is 0.0953. The molecule has 1 saturated heterocycles. The molecule has 0 aliphatic carbocycles. The first-order valence-corrected chi connectivity index (χ1v) is 6.18. The number of nitrogens with two attached hydrogens (primary N) is 1. The van der Waals surface area contributed by atoms with E-state index in [0.29, 0.717) is 6.54 Å². The first kappa shape index (κ1) is 11.6. The number of amides is 1. The summed E-state index contributed by atoms with van der Waals surface area (Å²) in [7, 11) is 0. The van der Waals surface area contributed by atoms with Gasteiger partial charge in [0.25, 0.3) is 5.91 Å². The van der Waals surface area contributed by atoms with Crippen molar-refractivity contribution in [1.29, 1.82) is 0 Å². The topological polar surface area (TPSA) is 46.3 Å². The van der Waals surface area contributed by atoms with E-state index in [1.54, 1.807) is 0 Å². The smallest absolute Gasteiger partial charge is 0.254 e. The van der Waals surface area contributed by atoms with Crippen LogP contribution >= 0.6 is 15.9 Å². The van der Waals surface area contributed by atoms with Crippen LogP contribution in [0.4, 0.5) is 0 Å². The molecule has 16 heavy (non-hydrogen) atoms. The summed E-state index contributed by atoms with van der Waals surface area (Å²) in [6, 6.07) is 5.87. The quantitative estimate of drug-likeness (QED) is 0.856. The molecule has 0 spiro atoms. The molecule has 2 rings (SSSR count). The lowest BCUT2D eigenvalue weighted by Gasteiger charge is -2.17. The van der Waals surface area contributed by atoms with Gasteiger partial charge in [0, 0.05) is 29.2 Å². The Morgan fingerprint density at radius 3 is 2.88 bits per heavy atom. The van der Waals surface area contributed by atoms with Crippen molar-refractivity contribution < 1.29 is 4.79 Å². The molecule has 2 N–H and O–H groups in total. The number of nitrogens with zero attached hydrogens (tertiary/aromatic N) is 1. The molecule has 0 radical (unpaired) electrons. The molecule has 0 unspecified atom stereocenters. The van der Waals surface area contributed by atoms with Gasteiger partial charge in [-0.1, -0.05) is 15.9 Å². The van der Waals surface area contributed by atoms with Crippen LogP contribution < -0.4 is 5.73 Å². The Hall–Kier alpha value is -0.870. The normalized spacial score (nSPS) is 20.2. The van der Waals surface area contributed by atoms with Crippen LogP contribution in [0.2, 0.25) is 0 Å². The van der Waals surface area contributed by atoms with E-state index in [9.17, 15) is 4.79 Å². The number of benzene rings is 1. The molecule has 4 heteroatoms. The van der Waals surface area contributed by atoms with Crippen LogP contribution in [0.1, 0.15) is 22.3 Å². The van der Waals surface area contributed by atoms with Crippen molar-refractivity contribution in [2.45, 2.75) is 19.4 Å². The van der Waals surface area contributed by atoms with Crippen molar-refractivity contribution >= 4 is 21.8 Å². The Bertz CT molecular complexity index is 419. The monoisotopic (exact) mass is 282 g/mol. The summed E-state index contributed by atoms with van der Waals surface area (Å²) in [6.07, 6.45) is 0.904. The summed E-state index contributed by atoms with van der Waals surface area (Å²) < 4.78 is 1.000. The van der Waals surface area contributed by atoms with Crippen molar-refractivity contribution in [3.8, 4) is 0 Å². The maximum Gasteiger partial charge on any atom is 0.254 e. The zero-order valence-corrected chi connectivity index (χ0v) is 10.8. The van der Waals surface area contributed by atoms with E-state index in [4.69, 9.17) is 5.73 Å². The van der Waals surface area contributed by atoms with Gasteiger partial charge in [0.15, 0.2) is 0 Å². The Labute approximate surface area is 104 Å². The number of hydrogen-bond acceptors (Lipinski definition) is 2. The van der Waals surface area contributed by atoms with Crippen LogP contribution in [-0.4, -0.2) is 29.9 Å². The lowest BCUT2D eigenvalue weighted by Crippen LogP contribution is -2.32. The standard InChI is InChI=1S/C12H15BrN2O/c1-8-6-9(13)2-3-11(8)12(16)15-5-4-10(14)7-15/h2-3,6,10H,4-5,7,14H2,1H3/t10-/m1/s1. The van der Waals surface area contributed by atoms with Crippen molar-refractivity contribution in [3.05, 3.63) is 33.8 Å². The summed E-state index contributed by atoms with van der Waals surface area (Å²) >= 11 is 3.39. The van der Waals surface area contributed by atoms with E-state index >= 15 is 0 Å². The molecule has 0 aromatic heterocycles. The number of halogens is 1. The van der Waals surface area contributed by atoms with Crippen LogP contribution in [0.5, 0.6) is 0 Å². The molecule has 1 aromatic carbocycles. The van der Waals surface area contributed by atoms with E-state index in [-0.39, 0.29) is 11.9 Å². The predicted molar refractivity (Wildman–Crippen MR) is 67.4 cm³/mol. The van der Waals surface area contributed by atoms with E-state index in [1.807, 2.05) is 30.0 Å². The largest absolute Gasteiger partial charge is 0.337 e. The first-order chi connectivity index (χ1) is 7.58. The highest BCUT2D eigenvalue weighted by atomic mass is 79.9. The highest BCUT2D eigenvalue weighted by molar-refractivity contribution is 9.10. The first-order valence-electron chi connectivity index (χ1n) is 5.39. The van der Waals surface area contributed by atoms with Gasteiger partial charge in [0.05, 0.1) is 0 Å². The summed E-state index contributed by atoms with van der Waals surface area (Å²) in [5.41, 5.74) is 7.58. The Morgan fingerprint density at radius 1 is 1.56 bits per heavy atom. The SMILES string of the molecule is Cc1cc(Br)ccc1C(=O)N1CC[C@@H](N)C1. The van der Waals surface area contributed by atoms with Crippen molar-refractivity contribution in [3.63, 3.8) is 0 Å². The number of carbonyl (C=O) groups excluding carboxylic acids is 1. The third-order valence-electron chi connectivity index (χ3n) is 2.93. The third-order valence-corrected chi connectivity index (χ3v) is 3.42. The van der Waals surface area contributed by atoms with Gasteiger partial charge in [-0.05, 0) is 37.1 Å². The van der Waals surface area contributed by atoms with Crippen LogP contribution in [0.3, 0.4) is 0 Å². The average molecular weight is 283 g/mol. The minimum atomic E-state index is 0.0953. The van der Waals surface area contributed by atoms with Crippen LogP contribution in [0.15, 0.2) is 22.7 Å². The minimum absolute atomic E-state index is 0.0953. The van der Waals surface area contributed by atoms with Gasteiger partial charge >= 0.3 is 0 Å². The van der Waals surface area contributed by atoms with Gasteiger partial charge in [-0.3, -0.25) is 4.79 Å². The maximum atomic E-state index is 12.2. The van der Waals surface area contributed by atoms with E-state index in [2.05, 4.69) is 15.9 Å². The Morgan fingerprint density at radius 2 is 2.31 bits per heavy atom. The molecular formula is C12H15BrN2O. The zero-order valence-electron chi connectivity index (χ0n) is 9.24. The Kier molecular flexibility index (Phi) is 3.30. The van der Waals surface area contributed by atoms with Crippen LogP contribution in [0, 0.1) is 6.92 Å². The van der Waals surface area contributed by atoms with Gasteiger partial charge < -0.3 is 10.6 Å². The van der Waals surface area contributed by atoms with Gasteiger partial charge in [0.2, 0.25) is 0 Å². The molecule has 1 amide bonds. The number of hydrogen-bond donors (Lipinski definition) is 1. The zero-order chi connectivity index (χ0) is 11.7. The van der Waals surface area contributed by atoms with Crippen molar-refractivity contribution in [2.24, 2.45) is 5.73 Å². The van der Waals surface area contributed by atoms with Gasteiger partial charge in [-0.25, -0.2) is 0 Å². The molecule has 0 saturated carbocycles. The van der Waals surface area contributed by atoms with Gasteiger partial charge in [0.1, 0.15) is 0 Å².